The van der Waals surface area contributed by atoms with Gasteiger partial charge in [-0.05, 0) is 83.7 Å². The van der Waals surface area contributed by atoms with E-state index in [2.05, 4.69) is 39.5 Å². The van der Waals surface area contributed by atoms with Crippen molar-refractivity contribution in [2.75, 3.05) is 25.0 Å². The van der Waals surface area contributed by atoms with Gasteiger partial charge in [-0.3, -0.25) is 4.79 Å². The van der Waals surface area contributed by atoms with Crippen LogP contribution in [0.25, 0.3) is 5.82 Å². The van der Waals surface area contributed by atoms with Crippen LogP contribution < -0.4 is 20.1 Å². The number of rotatable bonds is 12. The lowest BCUT2D eigenvalue weighted by atomic mass is 9.94. The van der Waals surface area contributed by atoms with E-state index in [0.29, 0.717) is 18.3 Å². The summed E-state index contributed by atoms with van der Waals surface area (Å²) >= 11 is 6.19. The number of sulfonamides is 1. The Balaban J connectivity index is 1.34. The van der Waals surface area contributed by atoms with E-state index < -0.39 is 34.1 Å². The Morgan fingerprint density at radius 1 is 1.18 bits per heavy atom. The SMILES string of the molecule is CC1(C)C[C@H](CCCNc2cccc(S(=O)(=O)NC(=O)c3ccc(-n4ccc(OCC(C)(C)C(F)(F)F)n4)nc3Cl)n2)CN1. The van der Waals surface area contributed by atoms with Gasteiger partial charge in [0.05, 0.1) is 11.0 Å². The third-order valence-electron chi connectivity index (χ3n) is 7.22. The van der Waals surface area contributed by atoms with Crippen molar-refractivity contribution < 1.29 is 31.1 Å². The van der Waals surface area contributed by atoms with Gasteiger partial charge in [0.25, 0.3) is 15.9 Å². The van der Waals surface area contributed by atoms with Crippen molar-refractivity contribution in [2.24, 2.45) is 11.3 Å². The van der Waals surface area contributed by atoms with Crippen LogP contribution in [0, 0.1) is 11.3 Å². The first-order chi connectivity index (χ1) is 20.5. The first-order valence-corrected chi connectivity index (χ1v) is 15.8. The minimum Gasteiger partial charge on any atom is -0.476 e. The van der Waals surface area contributed by atoms with E-state index in [-0.39, 0.29) is 33.0 Å². The van der Waals surface area contributed by atoms with Gasteiger partial charge in [0.1, 0.15) is 17.6 Å². The van der Waals surface area contributed by atoms with Gasteiger partial charge in [-0.15, -0.1) is 5.10 Å². The second-order valence-electron chi connectivity index (χ2n) is 12.0. The molecule has 0 radical (unpaired) electrons. The maximum atomic E-state index is 13.1. The molecule has 3 aromatic rings. The predicted octanol–water partition coefficient (Wildman–Crippen LogP) is 4.98. The molecule has 1 aliphatic heterocycles. The van der Waals surface area contributed by atoms with E-state index in [9.17, 15) is 26.4 Å². The molecule has 11 nitrogen and oxygen atoms in total. The summed E-state index contributed by atoms with van der Waals surface area (Å²) < 4.78 is 73.5. The third kappa shape index (κ3) is 8.39. The van der Waals surface area contributed by atoms with Crippen molar-refractivity contribution in [1.82, 2.24) is 29.8 Å². The molecule has 1 aliphatic rings. The lowest BCUT2D eigenvalue weighted by molar-refractivity contribution is -0.219. The summed E-state index contributed by atoms with van der Waals surface area (Å²) in [5.74, 6) is -0.0347. The molecule has 0 bridgehead atoms. The molecule has 0 aliphatic carbocycles. The van der Waals surface area contributed by atoms with Crippen LogP contribution in [0.4, 0.5) is 19.0 Å². The fourth-order valence-corrected chi connectivity index (χ4v) is 5.73. The number of carbonyl (C=O) groups is 1. The van der Waals surface area contributed by atoms with Crippen LogP contribution in [-0.2, 0) is 10.0 Å². The Kier molecular flexibility index (Phi) is 9.81. The van der Waals surface area contributed by atoms with Gasteiger partial charge in [0, 0.05) is 24.3 Å². The third-order valence-corrected chi connectivity index (χ3v) is 8.74. The van der Waals surface area contributed by atoms with Crippen LogP contribution >= 0.6 is 11.6 Å². The molecule has 0 aromatic carbocycles. The Morgan fingerprint density at radius 2 is 1.93 bits per heavy atom. The first kappa shape index (κ1) is 33.5. The van der Waals surface area contributed by atoms with Crippen molar-refractivity contribution in [1.29, 1.82) is 0 Å². The van der Waals surface area contributed by atoms with Gasteiger partial charge >= 0.3 is 6.18 Å². The number of anilines is 1. The van der Waals surface area contributed by atoms with Gasteiger partial charge in [-0.25, -0.2) is 19.4 Å². The van der Waals surface area contributed by atoms with E-state index in [1.807, 2.05) is 4.72 Å². The van der Waals surface area contributed by atoms with Crippen molar-refractivity contribution in [3.05, 3.63) is 53.3 Å². The number of halogens is 4. The predicted molar refractivity (Wildman–Crippen MR) is 159 cm³/mol. The van der Waals surface area contributed by atoms with Gasteiger partial charge in [0.2, 0.25) is 5.88 Å². The first-order valence-electron chi connectivity index (χ1n) is 13.9. The summed E-state index contributed by atoms with van der Waals surface area (Å²) in [6, 6.07) is 8.37. The van der Waals surface area contributed by atoms with E-state index >= 15 is 0 Å². The summed E-state index contributed by atoms with van der Waals surface area (Å²) in [6.45, 7) is 7.33. The van der Waals surface area contributed by atoms with Gasteiger partial charge in [-0.2, -0.15) is 21.6 Å². The molecule has 16 heteroatoms. The Labute approximate surface area is 259 Å². The zero-order chi connectivity index (χ0) is 32.3. The quantitative estimate of drug-likeness (QED) is 0.182. The van der Waals surface area contributed by atoms with E-state index in [1.165, 1.54) is 41.2 Å². The molecule has 1 amide bonds. The van der Waals surface area contributed by atoms with Crippen molar-refractivity contribution in [3.8, 4) is 11.7 Å². The lowest BCUT2D eigenvalue weighted by Crippen LogP contribution is -2.37. The summed E-state index contributed by atoms with van der Waals surface area (Å²) in [7, 11) is -4.35. The molecule has 0 spiro atoms. The van der Waals surface area contributed by atoms with Gasteiger partial charge in [-0.1, -0.05) is 17.7 Å². The summed E-state index contributed by atoms with van der Waals surface area (Å²) in [5.41, 5.74) is -2.17. The molecule has 4 heterocycles. The maximum Gasteiger partial charge on any atom is 0.397 e. The highest BCUT2D eigenvalue weighted by atomic mass is 35.5. The fraction of sp³-hybridized carbons (Fsp3) is 0.500. The van der Waals surface area contributed by atoms with Gasteiger partial charge < -0.3 is 15.4 Å². The van der Waals surface area contributed by atoms with Crippen LogP contribution in [0.3, 0.4) is 0 Å². The largest absolute Gasteiger partial charge is 0.476 e. The maximum absolute atomic E-state index is 13.1. The highest BCUT2D eigenvalue weighted by Gasteiger charge is 2.48. The van der Waals surface area contributed by atoms with Crippen LogP contribution in [-0.4, -0.2) is 65.5 Å². The average molecular weight is 658 g/mol. The molecule has 3 aromatic heterocycles. The molecule has 240 valence electrons. The van der Waals surface area contributed by atoms with Crippen molar-refractivity contribution in [2.45, 2.75) is 63.7 Å². The Morgan fingerprint density at radius 3 is 2.59 bits per heavy atom. The number of aromatic nitrogens is 4. The summed E-state index contributed by atoms with van der Waals surface area (Å²) in [4.78, 5) is 21.0. The molecular formula is C28H35ClF3N7O4S. The van der Waals surface area contributed by atoms with E-state index in [4.69, 9.17) is 16.3 Å². The molecular weight excluding hydrogens is 623 g/mol. The van der Waals surface area contributed by atoms with Crippen LogP contribution in [0.15, 0.2) is 47.6 Å². The number of alkyl halides is 3. The monoisotopic (exact) mass is 657 g/mol. The van der Waals surface area contributed by atoms with Crippen LogP contribution in [0.5, 0.6) is 5.88 Å². The fourth-order valence-electron chi connectivity index (χ4n) is 4.56. The molecule has 4 rings (SSSR count). The minimum absolute atomic E-state index is 0.0764. The summed E-state index contributed by atoms with van der Waals surface area (Å²) in [6.07, 6.45) is -0.0525. The number of hydrogen-bond donors (Lipinski definition) is 3. The van der Waals surface area contributed by atoms with Crippen LogP contribution in [0.1, 0.15) is 57.3 Å². The number of amides is 1. The second-order valence-corrected chi connectivity index (χ2v) is 14.0. The highest BCUT2D eigenvalue weighted by molar-refractivity contribution is 7.90. The Bertz CT molecular complexity index is 1600. The van der Waals surface area contributed by atoms with E-state index in [0.717, 1.165) is 39.7 Å². The minimum atomic E-state index is -4.46. The lowest BCUT2D eigenvalue weighted by Gasteiger charge is -2.26. The molecule has 1 atom stereocenters. The topological polar surface area (TPSA) is 140 Å². The highest BCUT2D eigenvalue weighted by Crippen LogP contribution is 2.37. The number of nitrogens with one attached hydrogen (secondary N) is 3. The number of ether oxygens (including phenoxy) is 1. The number of pyridine rings is 2. The molecule has 3 N–H and O–H groups in total. The Hall–Kier alpha value is -3.43. The number of carbonyl (C=O) groups excluding carboxylic acids is 1. The zero-order valence-corrected chi connectivity index (χ0v) is 26.3. The normalized spacial score (nSPS) is 17.0. The molecule has 0 unspecified atom stereocenters. The molecule has 0 saturated carbocycles. The summed E-state index contributed by atoms with van der Waals surface area (Å²) in [5, 5.41) is 9.99. The molecule has 1 fully saturated rings. The number of hydrogen-bond acceptors (Lipinski definition) is 9. The zero-order valence-electron chi connectivity index (χ0n) is 24.7. The smallest absolute Gasteiger partial charge is 0.397 e. The van der Waals surface area contributed by atoms with Gasteiger partial charge in [0.15, 0.2) is 10.8 Å². The number of nitrogens with zero attached hydrogens (tertiary/aromatic N) is 4. The van der Waals surface area contributed by atoms with Crippen molar-refractivity contribution in [3.63, 3.8) is 0 Å². The van der Waals surface area contributed by atoms with Crippen molar-refractivity contribution >= 4 is 33.3 Å². The molecule has 1 saturated heterocycles. The van der Waals surface area contributed by atoms with E-state index in [1.54, 1.807) is 6.07 Å². The average Bonchev–Trinajstić information content (AvgIpc) is 3.55. The standard InChI is InChI=1S/C28H35ClF3N7O4S/c1-26(2,28(30,31)32)17-43-22-12-14-39(37-22)21-11-10-19(24(29)36-21)25(40)38-44(41,42)23-9-5-8-20(35-23)33-13-6-7-18-15-27(3,4)34-16-18/h5,8-12,14,18,34H,6-7,13,15-17H2,1-4H3,(H,33,35)(H,38,40)/t18-/m0/s1. The molecule has 44 heavy (non-hydrogen) atoms. The second kappa shape index (κ2) is 12.9. The van der Waals surface area contributed by atoms with Crippen LogP contribution in [0.2, 0.25) is 5.15 Å².